The number of piperidine rings is 1. The first-order chi connectivity index (χ1) is 7.75. The molecule has 0 amide bonds. The summed E-state index contributed by atoms with van der Waals surface area (Å²) >= 11 is 0. The highest BCUT2D eigenvalue weighted by molar-refractivity contribution is 5.65. The summed E-state index contributed by atoms with van der Waals surface area (Å²) in [5.41, 5.74) is 7.80. The van der Waals surface area contributed by atoms with Crippen LogP contribution in [0.5, 0.6) is 0 Å². The third-order valence-corrected chi connectivity index (χ3v) is 3.26. The van der Waals surface area contributed by atoms with Crippen molar-refractivity contribution in [2.45, 2.75) is 12.8 Å². The van der Waals surface area contributed by atoms with E-state index in [1.54, 1.807) is 0 Å². The molecule has 3 nitrogen and oxygen atoms in total. The van der Waals surface area contributed by atoms with Crippen molar-refractivity contribution in [2.75, 3.05) is 37.7 Å². The number of nitrogens with one attached hydrogen (secondary N) is 1. The summed E-state index contributed by atoms with van der Waals surface area (Å²) in [5, 5.41) is 3.45. The van der Waals surface area contributed by atoms with Crippen LogP contribution in [0.3, 0.4) is 0 Å². The van der Waals surface area contributed by atoms with Crippen LogP contribution in [-0.4, -0.2) is 31.6 Å². The maximum Gasteiger partial charge on any atom is 0.0574 e. The monoisotopic (exact) mass is 219 g/mol. The second-order valence-electron chi connectivity index (χ2n) is 4.74. The summed E-state index contributed by atoms with van der Waals surface area (Å²) in [6.07, 6.45) is 2.64. The smallest absolute Gasteiger partial charge is 0.0574 e. The van der Waals surface area contributed by atoms with Crippen molar-refractivity contribution >= 4 is 11.4 Å². The molecule has 16 heavy (non-hydrogen) atoms. The van der Waals surface area contributed by atoms with Gasteiger partial charge in [-0.3, -0.25) is 0 Å². The van der Waals surface area contributed by atoms with Gasteiger partial charge in [0, 0.05) is 13.1 Å². The van der Waals surface area contributed by atoms with Gasteiger partial charge in [-0.1, -0.05) is 12.1 Å². The normalized spacial score (nSPS) is 21.9. The van der Waals surface area contributed by atoms with E-state index in [1.807, 2.05) is 24.3 Å². The van der Waals surface area contributed by atoms with Crippen LogP contribution in [0, 0.1) is 5.92 Å². The molecule has 0 spiro atoms. The Morgan fingerprint density at radius 2 is 2.25 bits per heavy atom. The second-order valence-corrected chi connectivity index (χ2v) is 4.74. The van der Waals surface area contributed by atoms with Gasteiger partial charge in [-0.2, -0.15) is 0 Å². The van der Waals surface area contributed by atoms with Crippen LogP contribution in [0.2, 0.25) is 0 Å². The van der Waals surface area contributed by atoms with Crippen molar-refractivity contribution in [1.82, 2.24) is 4.90 Å². The fraction of sp³-hybridized carbons (Fsp3) is 0.538. The molecule has 0 aromatic heterocycles. The van der Waals surface area contributed by atoms with Crippen LogP contribution in [0.25, 0.3) is 0 Å². The molecule has 1 aliphatic heterocycles. The molecule has 1 atom stereocenters. The minimum Gasteiger partial charge on any atom is -0.397 e. The Morgan fingerprint density at radius 1 is 1.44 bits per heavy atom. The Labute approximate surface area is 97.6 Å². The second kappa shape index (κ2) is 5.21. The van der Waals surface area contributed by atoms with Gasteiger partial charge < -0.3 is 16.0 Å². The summed E-state index contributed by atoms with van der Waals surface area (Å²) in [5.74, 6) is 0.748. The van der Waals surface area contributed by atoms with Gasteiger partial charge in [0.2, 0.25) is 0 Å². The van der Waals surface area contributed by atoms with Gasteiger partial charge in [0.15, 0.2) is 0 Å². The van der Waals surface area contributed by atoms with E-state index in [4.69, 9.17) is 5.73 Å². The van der Waals surface area contributed by atoms with Crippen LogP contribution >= 0.6 is 0 Å². The Kier molecular flexibility index (Phi) is 3.67. The number of para-hydroxylation sites is 2. The average molecular weight is 219 g/mol. The lowest BCUT2D eigenvalue weighted by molar-refractivity contribution is 0.217. The molecule has 0 saturated carbocycles. The molecular weight excluding hydrogens is 198 g/mol. The molecule has 3 N–H and O–H groups in total. The number of rotatable bonds is 3. The zero-order chi connectivity index (χ0) is 11.4. The molecule has 1 fully saturated rings. The third-order valence-electron chi connectivity index (χ3n) is 3.26. The topological polar surface area (TPSA) is 41.3 Å². The molecule has 88 valence electrons. The van der Waals surface area contributed by atoms with Crippen LogP contribution in [0.15, 0.2) is 24.3 Å². The largest absolute Gasteiger partial charge is 0.397 e. The van der Waals surface area contributed by atoms with Gasteiger partial charge in [0.05, 0.1) is 11.4 Å². The molecule has 3 heteroatoms. The summed E-state index contributed by atoms with van der Waals surface area (Å²) in [6.45, 7) is 3.46. The minimum atomic E-state index is 0.748. The van der Waals surface area contributed by atoms with Crippen molar-refractivity contribution in [1.29, 1.82) is 0 Å². The first-order valence-corrected chi connectivity index (χ1v) is 6.02. The highest BCUT2D eigenvalue weighted by Crippen LogP contribution is 2.20. The number of nitrogen functional groups attached to an aromatic ring is 1. The highest BCUT2D eigenvalue weighted by Gasteiger charge is 2.16. The van der Waals surface area contributed by atoms with E-state index >= 15 is 0 Å². The summed E-state index contributed by atoms with van der Waals surface area (Å²) < 4.78 is 0. The molecule has 1 aromatic rings. The number of benzene rings is 1. The van der Waals surface area contributed by atoms with Crippen LogP contribution in [0.4, 0.5) is 11.4 Å². The van der Waals surface area contributed by atoms with E-state index in [-0.39, 0.29) is 0 Å². The van der Waals surface area contributed by atoms with E-state index < -0.39 is 0 Å². The van der Waals surface area contributed by atoms with Crippen LogP contribution < -0.4 is 11.1 Å². The van der Waals surface area contributed by atoms with Crippen LogP contribution in [-0.2, 0) is 0 Å². The molecule has 1 saturated heterocycles. The molecule has 1 aliphatic rings. The number of likely N-dealkylation sites (tertiary alicyclic amines) is 1. The number of nitrogens with two attached hydrogens (primary N) is 1. The van der Waals surface area contributed by atoms with Gasteiger partial charge >= 0.3 is 0 Å². The molecule has 2 rings (SSSR count). The molecule has 0 aliphatic carbocycles. The lowest BCUT2D eigenvalue weighted by Gasteiger charge is -2.30. The zero-order valence-corrected chi connectivity index (χ0v) is 9.95. The number of nitrogens with zero attached hydrogens (tertiary/aromatic N) is 1. The van der Waals surface area contributed by atoms with E-state index in [2.05, 4.69) is 17.3 Å². The van der Waals surface area contributed by atoms with Gasteiger partial charge in [-0.15, -0.1) is 0 Å². The predicted octanol–water partition coefficient (Wildman–Crippen LogP) is 2.02. The standard InChI is InChI=1S/C13H21N3/c1-16-8-4-5-11(10-16)9-15-13-7-3-2-6-12(13)14/h2-3,6-7,11,15H,4-5,8-10,14H2,1H3. The number of hydrogen-bond donors (Lipinski definition) is 2. The predicted molar refractivity (Wildman–Crippen MR) is 69.6 cm³/mol. The van der Waals surface area contributed by atoms with Crippen LogP contribution in [0.1, 0.15) is 12.8 Å². The van der Waals surface area contributed by atoms with Gasteiger partial charge in [0.1, 0.15) is 0 Å². The molecular formula is C13H21N3. The lowest BCUT2D eigenvalue weighted by atomic mass is 9.98. The Hall–Kier alpha value is -1.22. The van der Waals surface area contributed by atoms with Crippen molar-refractivity contribution in [3.8, 4) is 0 Å². The summed E-state index contributed by atoms with van der Waals surface area (Å²) in [4.78, 5) is 2.41. The van der Waals surface area contributed by atoms with E-state index in [0.29, 0.717) is 0 Å². The number of anilines is 2. The Morgan fingerprint density at radius 3 is 3.00 bits per heavy atom. The van der Waals surface area contributed by atoms with Gasteiger partial charge in [0.25, 0.3) is 0 Å². The van der Waals surface area contributed by atoms with E-state index in [0.717, 1.165) is 23.8 Å². The summed E-state index contributed by atoms with van der Waals surface area (Å²) in [7, 11) is 2.20. The lowest BCUT2D eigenvalue weighted by Crippen LogP contribution is -2.35. The minimum absolute atomic E-state index is 0.748. The van der Waals surface area contributed by atoms with Crippen molar-refractivity contribution in [3.63, 3.8) is 0 Å². The molecule has 1 heterocycles. The average Bonchev–Trinajstić information content (AvgIpc) is 2.28. The molecule has 1 unspecified atom stereocenters. The Balaban J connectivity index is 1.85. The van der Waals surface area contributed by atoms with E-state index in [1.165, 1.54) is 25.9 Å². The maximum atomic E-state index is 5.89. The van der Waals surface area contributed by atoms with E-state index in [9.17, 15) is 0 Å². The maximum absolute atomic E-state index is 5.89. The van der Waals surface area contributed by atoms with Crippen molar-refractivity contribution in [3.05, 3.63) is 24.3 Å². The quantitative estimate of drug-likeness (QED) is 0.764. The van der Waals surface area contributed by atoms with Gasteiger partial charge in [-0.05, 0) is 44.5 Å². The fourth-order valence-corrected chi connectivity index (χ4v) is 2.35. The molecule has 1 aromatic carbocycles. The van der Waals surface area contributed by atoms with Crippen molar-refractivity contribution in [2.24, 2.45) is 5.92 Å². The van der Waals surface area contributed by atoms with Gasteiger partial charge in [-0.25, -0.2) is 0 Å². The SMILES string of the molecule is CN1CCCC(CNc2ccccc2N)C1. The molecule has 0 bridgehead atoms. The Bertz CT molecular complexity index is 338. The molecule has 0 radical (unpaired) electrons. The highest BCUT2D eigenvalue weighted by atomic mass is 15.1. The first-order valence-electron chi connectivity index (χ1n) is 6.02. The summed E-state index contributed by atoms with van der Waals surface area (Å²) in [6, 6.07) is 7.97. The van der Waals surface area contributed by atoms with Crippen molar-refractivity contribution < 1.29 is 0 Å². The first kappa shape index (κ1) is 11.3. The fourth-order valence-electron chi connectivity index (χ4n) is 2.35. The third kappa shape index (κ3) is 2.89. The number of hydrogen-bond acceptors (Lipinski definition) is 3. The zero-order valence-electron chi connectivity index (χ0n) is 9.95.